The molecule has 1 aromatic carbocycles. The van der Waals surface area contributed by atoms with Crippen molar-refractivity contribution in [2.75, 3.05) is 45.2 Å². The highest BCUT2D eigenvalue weighted by Crippen LogP contribution is 2.16. The Bertz CT molecular complexity index is 604. The fraction of sp³-hybridized carbons (Fsp3) is 0.556. The van der Waals surface area contributed by atoms with Crippen molar-refractivity contribution in [3.8, 4) is 0 Å². The summed E-state index contributed by atoms with van der Waals surface area (Å²) in [6.45, 7) is 7.34. The average molecular weight is 475 g/mol. The third-order valence-electron chi connectivity index (χ3n) is 4.26. The molecule has 1 fully saturated rings. The number of benzene rings is 1. The number of carbonyl (C=O) groups excluding carboxylic acids is 1. The summed E-state index contributed by atoms with van der Waals surface area (Å²) in [5, 5.41) is 9.39. The predicted octanol–water partition coefficient (Wildman–Crippen LogP) is 1.33. The van der Waals surface area contributed by atoms with Crippen molar-refractivity contribution in [3.63, 3.8) is 0 Å². The molecule has 0 radical (unpaired) electrons. The molecule has 1 aliphatic heterocycles. The standard InChI is InChI=1S/C18H29N5O2.HI/c1-18(2,25-4)13-22-17(19-3)21-11-14-5-7-15(8-6-14)23-10-9-20-16(24)12-23;/h5-8H,9-13H2,1-4H3,(H,20,24)(H2,19,21,22);1H. The van der Waals surface area contributed by atoms with E-state index in [4.69, 9.17) is 4.74 Å². The normalized spacial score (nSPS) is 15.2. The van der Waals surface area contributed by atoms with Crippen LogP contribution in [0.1, 0.15) is 19.4 Å². The van der Waals surface area contributed by atoms with Gasteiger partial charge in [0.1, 0.15) is 0 Å². The zero-order chi connectivity index (χ0) is 18.3. The number of ether oxygens (including phenoxy) is 1. The number of piperazine rings is 1. The van der Waals surface area contributed by atoms with Gasteiger partial charge in [0.2, 0.25) is 5.91 Å². The lowest BCUT2D eigenvalue weighted by Crippen LogP contribution is -2.47. The van der Waals surface area contributed by atoms with Crippen molar-refractivity contribution in [1.29, 1.82) is 0 Å². The Balaban J connectivity index is 0.00000338. The van der Waals surface area contributed by atoms with E-state index in [0.29, 0.717) is 26.2 Å². The summed E-state index contributed by atoms with van der Waals surface area (Å²) in [6.07, 6.45) is 0. The van der Waals surface area contributed by atoms with Crippen LogP contribution in [0.5, 0.6) is 0 Å². The van der Waals surface area contributed by atoms with Crippen LogP contribution in [0.3, 0.4) is 0 Å². The van der Waals surface area contributed by atoms with E-state index in [2.05, 4.69) is 50.1 Å². The molecule has 3 N–H and O–H groups in total. The topological polar surface area (TPSA) is 78.0 Å². The average Bonchev–Trinajstić information content (AvgIpc) is 2.62. The summed E-state index contributed by atoms with van der Waals surface area (Å²) >= 11 is 0. The first-order valence-electron chi connectivity index (χ1n) is 8.54. The molecule has 0 unspecified atom stereocenters. The first kappa shape index (κ1) is 22.5. The maximum absolute atomic E-state index is 11.5. The van der Waals surface area contributed by atoms with E-state index in [9.17, 15) is 4.79 Å². The summed E-state index contributed by atoms with van der Waals surface area (Å²) in [5.74, 6) is 0.813. The maximum atomic E-state index is 11.5. The van der Waals surface area contributed by atoms with E-state index in [-0.39, 0.29) is 35.5 Å². The fourth-order valence-corrected chi connectivity index (χ4v) is 2.46. The summed E-state index contributed by atoms with van der Waals surface area (Å²) in [7, 11) is 3.45. The third-order valence-corrected chi connectivity index (χ3v) is 4.26. The Morgan fingerprint density at radius 1 is 1.31 bits per heavy atom. The monoisotopic (exact) mass is 475 g/mol. The van der Waals surface area contributed by atoms with Crippen molar-refractivity contribution in [3.05, 3.63) is 29.8 Å². The lowest BCUT2D eigenvalue weighted by molar-refractivity contribution is -0.120. The van der Waals surface area contributed by atoms with Gasteiger partial charge in [-0.05, 0) is 31.5 Å². The van der Waals surface area contributed by atoms with Crippen LogP contribution in [0, 0.1) is 0 Å². The van der Waals surface area contributed by atoms with Crippen LogP contribution in [0.4, 0.5) is 5.69 Å². The van der Waals surface area contributed by atoms with Crippen LogP contribution in [-0.4, -0.2) is 57.8 Å². The molecule has 8 heteroatoms. The SMILES string of the molecule is CN=C(NCc1ccc(N2CCNC(=O)C2)cc1)NCC(C)(C)OC.I. The highest BCUT2D eigenvalue weighted by molar-refractivity contribution is 14.0. The molecule has 2 rings (SSSR count). The molecule has 1 aromatic rings. The Labute approximate surface area is 173 Å². The number of amides is 1. The number of carbonyl (C=O) groups is 1. The Morgan fingerprint density at radius 3 is 2.58 bits per heavy atom. The largest absolute Gasteiger partial charge is 0.377 e. The van der Waals surface area contributed by atoms with Crippen molar-refractivity contribution in [2.24, 2.45) is 4.99 Å². The number of hydrogen-bond donors (Lipinski definition) is 3. The van der Waals surface area contributed by atoms with Crippen LogP contribution >= 0.6 is 24.0 Å². The van der Waals surface area contributed by atoms with Gasteiger partial charge in [0.05, 0.1) is 12.1 Å². The molecule has 0 aromatic heterocycles. The van der Waals surface area contributed by atoms with Gasteiger partial charge >= 0.3 is 0 Å². The van der Waals surface area contributed by atoms with Gasteiger partial charge < -0.3 is 25.6 Å². The molecule has 0 saturated carbocycles. The van der Waals surface area contributed by atoms with Crippen molar-refractivity contribution in [1.82, 2.24) is 16.0 Å². The van der Waals surface area contributed by atoms with Crippen molar-refractivity contribution < 1.29 is 9.53 Å². The van der Waals surface area contributed by atoms with Crippen LogP contribution in [0.25, 0.3) is 0 Å². The number of aliphatic imine (C=N–C) groups is 1. The minimum atomic E-state index is -0.250. The fourth-order valence-electron chi connectivity index (χ4n) is 2.46. The van der Waals surface area contributed by atoms with Gasteiger partial charge in [0, 0.05) is 46.0 Å². The number of nitrogens with one attached hydrogen (secondary N) is 3. The molecule has 146 valence electrons. The Morgan fingerprint density at radius 2 is 2.00 bits per heavy atom. The van der Waals surface area contributed by atoms with Gasteiger partial charge in [-0.25, -0.2) is 0 Å². The number of methoxy groups -OCH3 is 1. The maximum Gasteiger partial charge on any atom is 0.239 e. The van der Waals surface area contributed by atoms with E-state index in [1.54, 1.807) is 14.2 Å². The van der Waals surface area contributed by atoms with Crippen LogP contribution in [-0.2, 0) is 16.1 Å². The first-order valence-corrected chi connectivity index (χ1v) is 8.54. The molecule has 1 amide bonds. The molecule has 1 heterocycles. The highest BCUT2D eigenvalue weighted by atomic mass is 127. The van der Waals surface area contributed by atoms with Gasteiger partial charge in [-0.3, -0.25) is 9.79 Å². The summed E-state index contributed by atoms with van der Waals surface area (Å²) in [5.41, 5.74) is 1.97. The molecule has 1 saturated heterocycles. The summed E-state index contributed by atoms with van der Waals surface area (Å²) in [6, 6.07) is 8.25. The molecular formula is C18H30IN5O2. The molecule has 0 bridgehead atoms. The number of rotatable bonds is 6. The van der Waals surface area contributed by atoms with E-state index in [0.717, 1.165) is 23.8 Å². The molecule has 1 aliphatic rings. The predicted molar refractivity (Wildman–Crippen MR) is 116 cm³/mol. The van der Waals surface area contributed by atoms with Crippen LogP contribution in [0.2, 0.25) is 0 Å². The van der Waals surface area contributed by atoms with Crippen molar-refractivity contribution in [2.45, 2.75) is 26.0 Å². The van der Waals surface area contributed by atoms with E-state index < -0.39 is 0 Å². The minimum absolute atomic E-state index is 0. The smallest absolute Gasteiger partial charge is 0.239 e. The van der Waals surface area contributed by atoms with E-state index in [1.165, 1.54) is 0 Å². The third kappa shape index (κ3) is 6.99. The quantitative estimate of drug-likeness (QED) is 0.329. The van der Waals surface area contributed by atoms with Gasteiger partial charge in [-0.2, -0.15) is 0 Å². The Hall–Kier alpha value is -1.55. The lowest BCUT2D eigenvalue weighted by atomic mass is 10.1. The van der Waals surface area contributed by atoms with Crippen LogP contribution < -0.4 is 20.9 Å². The second kappa shape index (κ2) is 10.6. The zero-order valence-electron chi connectivity index (χ0n) is 16.0. The minimum Gasteiger partial charge on any atom is -0.377 e. The molecule has 0 aliphatic carbocycles. The molecule has 26 heavy (non-hydrogen) atoms. The molecular weight excluding hydrogens is 445 g/mol. The number of guanidine groups is 1. The van der Waals surface area contributed by atoms with Gasteiger partial charge in [0.25, 0.3) is 0 Å². The molecule has 0 spiro atoms. The molecule has 0 atom stereocenters. The lowest BCUT2D eigenvalue weighted by Gasteiger charge is -2.28. The Kier molecular flexibility index (Phi) is 9.14. The number of nitrogens with zero attached hydrogens (tertiary/aromatic N) is 2. The number of hydrogen-bond acceptors (Lipinski definition) is 4. The number of halogens is 1. The van der Waals surface area contributed by atoms with E-state index in [1.807, 2.05) is 13.8 Å². The van der Waals surface area contributed by atoms with Crippen molar-refractivity contribution >= 4 is 41.5 Å². The van der Waals surface area contributed by atoms with E-state index >= 15 is 0 Å². The highest BCUT2D eigenvalue weighted by Gasteiger charge is 2.17. The second-order valence-corrected chi connectivity index (χ2v) is 6.68. The van der Waals surface area contributed by atoms with Crippen LogP contribution in [0.15, 0.2) is 29.3 Å². The van der Waals surface area contributed by atoms with Gasteiger partial charge in [-0.15, -0.1) is 24.0 Å². The summed E-state index contributed by atoms with van der Waals surface area (Å²) < 4.78 is 5.40. The molecule has 7 nitrogen and oxygen atoms in total. The first-order chi connectivity index (χ1) is 11.9. The number of anilines is 1. The van der Waals surface area contributed by atoms with Gasteiger partial charge in [0.15, 0.2) is 5.96 Å². The summed E-state index contributed by atoms with van der Waals surface area (Å²) in [4.78, 5) is 17.8. The zero-order valence-corrected chi connectivity index (χ0v) is 18.3. The second-order valence-electron chi connectivity index (χ2n) is 6.68. The van der Waals surface area contributed by atoms with Gasteiger partial charge in [-0.1, -0.05) is 12.1 Å².